The van der Waals surface area contributed by atoms with Crippen molar-refractivity contribution in [3.8, 4) is 0 Å². The first kappa shape index (κ1) is 15.2. The third-order valence-electron chi connectivity index (χ3n) is 2.37. The average molecular weight is 314 g/mol. The molecule has 1 aromatic rings. The lowest BCUT2D eigenvalue weighted by Crippen LogP contribution is -2.37. The van der Waals surface area contributed by atoms with Crippen molar-refractivity contribution < 1.29 is 9.53 Å². The largest absolute Gasteiger partial charge is 0.459 e. The number of nitrogens with two attached hydrogens (primary N) is 1. The van der Waals surface area contributed by atoms with E-state index >= 15 is 0 Å². The summed E-state index contributed by atoms with van der Waals surface area (Å²) in [5.74, 6) is -0.334. The Labute approximate surface area is 117 Å². The summed E-state index contributed by atoms with van der Waals surface area (Å²) in [6.45, 7) is 5.52. The van der Waals surface area contributed by atoms with Gasteiger partial charge < -0.3 is 10.5 Å². The van der Waals surface area contributed by atoms with Gasteiger partial charge in [-0.25, -0.2) is 0 Å². The minimum Gasteiger partial charge on any atom is -0.459 e. The minimum atomic E-state index is -0.562. The Morgan fingerprint density at radius 1 is 1.33 bits per heavy atom. The van der Waals surface area contributed by atoms with Gasteiger partial charge in [0.05, 0.1) is 0 Å². The molecule has 0 aliphatic heterocycles. The zero-order valence-electron chi connectivity index (χ0n) is 11.1. The fraction of sp³-hybridized carbons (Fsp3) is 0.500. The van der Waals surface area contributed by atoms with E-state index in [1.807, 2.05) is 45.0 Å². The van der Waals surface area contributed by atoms with Gasteiger partial charge in [0.25, 0.3) is 0 Å². The van der Waals surface area contributed by atoms with Crippen LogP contribution in [-0.4, -0.2) is 17.6 Å². The number of esters is 1. The average Bonchev–Trinajstić information content (AvgIpc) is 2.25. The van der Waals surface area contributed by atoms with Crippen LogP contribution in [0.4, 0.5) is 0 Å². The molecule has 0 aromatic heterocycles. The Morgan fingerprint density at radius 2 is 1.89 bits per heavy atom. The van der Waals surface area contributed by atoms with Crippen LogP contribution in [0.25, 0.3) is 0 Å². The van der Waals surface area contributed by atoms with Crippen molar-refractivity contribution in [1.29, 1.82) is 0 Å². The Balaban J connectivity index is 2.43. The van der Waals surface area contributed by atoms with Crippen molar-refractivity contribution in [1.82, 2.24) is 0 Å². The summed E-state index contributed by atoms with van der Waals surface area (Å²) in [5.41, 5.74) is 6.50. The summed E-state index contributed by atoms with van der Waals surface area (Å²) >= 11 is 3.38. The van der Waals surface area contributed by atoms with E-state index in [0.717, 1.165) is 16.5 Å². The molecule has 0 saturated heterocycles. The molecule has 0 unspecified atom stereocenters. The number of ether oxygens (including phenoxy) is 1. The number of aryl methyl sites for hydroxylation is 1. The fourth-order valence-corrected chi connectivity index (χ4v) is 1.73. The maximum Gasteiger partial charge on any atom is 0.323 e. The first-order chi connectivity index (χ1) is 8.28. The topological polar surface area (TPSA) is 52.3 Å². The van der Waals surface area contributed by atoms with E-state index in [4.69, 9.17) is 10.5 Å². The van der Waals surface area contributed by atoms with Crippen molar-refractivity contribution >= 4 is 21.9 Å². The molecular weight excluding hydrogens is 294 g/mol. The Morgan fingerprint density at radius 3 is 2.39 bits per heavy atom. The van der Waals surface area contributed by atoms with Gasteiger partial charge in [0.15, 0.2) is 0 Å². The normalized spacial score (nSPS) is 13.2. The van der Waals surface area contributed by atoms with Gasteiger partial charge in [-0.2, -0.15) is 0 Å². The number of hydrogen-bond donors (Lipinski definition) is 1. The molecule has 0 bridgehead atoms. The number of halogens is 1. The molecule has 0 heterocycles. The van der Waals surface area contributed by atoms with E-state index in [0.29, 0.717) is 6.42 Å². The van der Waals surface area contributed by atoms with Crippen molar-refractivity contribution in [2.75, 3.05) is 0 Å². The first-order valence-electron chi connectivity index (χ1n) is 6.01. The molecule has 0 fully saturated rings. The van der Waals surface area contributed by atoms with Crippen LogP contribution in [0.1, 0.15) is 32.8 Å². The van der Waals surface area contributed by atoms with Crippen LogP contribution >= 0.6 is 15.9 Å². The third-order valence-corrected chi connectivity index (χ3v) is 2.90. The third kappa shape index (κ3) is 5.65. The highest BCUT2D eigenvalue weighted by atomic mass is 79.9. The summed E-state index contributed by atoms with van der Waals surface area (Å²) in [6.07, 6.45) is 1.37. The number of carbonyl (C=O) groups excluding carboxylic acids is 1. The molecule has 3 nitrogen and oxygen atoms in total. The number of rotatable bonds is 4. The second-order valence-electron chi connectivity index (χ2n) is 5.31. The molecule has 0 aliphatic carbocycles. The van der Waals surface area contributed by atoms with E-state index in [9.17, 15) is 4.79 Å². The SMILES string of the molecule is CC(C)(C)OC(=O)[C@H](N)CCc1ccc(Br)cc1. The lowest BCUT2D eigenvalue weighted by atomic mass is 10.1. The number of hydrogen-bond acceptors (Lipinski definition) is 3. The van der Waals surface area contributed by atoms with Gasteiger partial charge in [0.1, 0.15) is 11.6 Å². The lowest BCUT2D eigenvalue weighted by molar-refractivity contribution is -0.156. The zero-order valence-corrected chi connectivity index (χ0v) is 12.7. The number of benzene rings is 1. The van der Waals surface area contributed by atoms with Crippen molar-refractivity contribution in [2.24, 2.45) is 5.73 Å². The monoisotopic (exact) mass is 313 g/mol. The van der Waals surface area contributed by atoms with Gasteiger partial charge in [-0.05, 0) is 51.3 Å². The molecule has 1 aromatic carbocycles. The van der Waals surface area contributed by atoms with Gasteiger partial charge >= 0.3 is 5.97 Å². The molecule has 1 rings (SSSR count). The molecule has 0 saturated carbocycles. The molecule has 0 amide bonds. The first-order valence-corrected chi connectivity index (χ1v) is 6.80. The van der Waals surface area contributed by atoms with Crippen LogP contribution in [0.3, 0.4) is 0 Å². The van der Waals surface area contributed by atoms with E-state index in [1.54, 1.807) is 0 Å². The maximum atomic E-state index is 11.7. The van der Waals surface area contributed by atoms with Crippen LogP contribution in [0.5, 0.6) is 0 Å². The molecule has 0 aliphatic rings. The number of carbonyl (C=O) groups is 1. The molecule has 100 valence electrons. The lowest BCUT2D eigenvalue weighted by Gasteiger charge is -2.22. The van der Waals surface area contributed by atoms with Gasteiger partial charge in [-0.15, -0.1) is 0 Å². The highest BCUT2D eigenvalue weighted by Crippen LogP contribution is 2.13. The van der Waals surface area contributed by atoms with Crippen LogP contribution < -0.4 is 5.73 Å². The van der Waals surface area contributed by atoms with E-state index in [1.165, 1.54) is 0 Å². The van der Waals surface area contributed by atoms with Crippen LogP contribution in [0.15, 0.2) is 28.7 Å². The van der Waals surface area contributed by atoms with Gasteiger partial charge in [0.2, 0.25) is 0 Å². The minimum absolute atomic E-state index is 0.334. The quantitative estimate of drug-likeness (QED) is 0.869. The molecule has 18 heavy (non-hydrogen) atoms. The predicted molar refractivity (Wildman–Crippen MR) is 76.3 cm³/mol. The molecule has 4 heteroatoms. The van der Waals surface area contributed by atoms with Gasteiger partial charge in [0, 0.05) is 4.47 Å². The Bertz CT molecular complexity index is 395. The summed E-state index contributed by atoms with van der Waals surface area (Å²) in [6, 6.07) is 7.44. The molecule has 1 atom stereocenters. The van der Waals surface area contributed by atoms with Crippen LogP contribution in [0, 0.1) is 0 Å². The highest BCUT2D eigenvalue weighted by molar-refractivity contribution is 9.10. The second kappa shape index (κ2) is 6.34. The standard InChI is InChI=1S/C14H20BrNO2/c1-14(2,3)18-13(17)12(16)9-6-10-4-7-11(15)8-5-10/h4-5,7-8,12H,6,9,16H2,1-3H3/t12-/m1/s1. The van der Waals surface area contributed by atoms with E-state index in [2.05, 4.69) is 15.9 Å². The molecule has 0 spiro atoms. The molecular formula is C14H20BrNO2. The van der Waals surface area contributed by atoms with Crippen molar-refractivity contribution in [2.45, 2.75) is 45.3 Å². The van der Waals surface area contributed by atoms with E-state index < -0.39 is 11.6 Å². The van der Waals surface area contributed by atoms with Gasteiger partial charge in [-0.3, -0.25) is 4.79 Å². The maximum absolute atomic E-state index is 11.7. The smallest absolute Gasteiger partial charge is 0.323 e. The highest BCUT2D eigenvalue weighted by Gasteiger charge is 2.21. The summed E-state index contributed by atoms with van der Waals surface area (Å²) in [5, 5.41) is 0. The van der Waals surface area contributed by atoms with Crippen LogP contribution in [0.2, 0.25) is 0 Å². The van der Waals surface area contributed by atoms with Gasteiger partial charge in [-0.1, -0.05) is 28.1 Å². The summed E-state index contributed by atoms with van der Waals surface area (Å²) < 4.78 is 6.28. The molecule has 0 radical (unpaired) electrons. The van der Waals surface area contributed by atoms with Crippen LogP contribution in [-0.2, 0) is 16.0 Å². The fourth-order valence-electron chi connectivity index (χ4n) is 1.47. The Kier molecular flexibility index (Phi) is 5.35. The summed E-state index contributed by atoms with van der Waals surface area (Å²) in [7, 11) is 0. The summed E-state index contributed by atoms with van der Waals surface area (Å²) in [4.78, 5) is 11.7. The van der Waals surface area contributed by atoms with Crippen molar-refractivity contribution in [3.63, 3.8) is 0 Å². The second-order valence-corrected chi connectivity index (χ2v) is 6.22. The zero-order chi connectivity index (χ0) is 13.8. The van der Waals surface area contributed by atoms with E-state index in [-0.39, 0.29) is 5.97 Å². The van der Waals surface area contributed by atoms with Crippen molar-refractivity contribution in [3.05, 3.63) is 34.3 Å². The predicted octanol–water partition coefficient (Wildman–Crippen LogP) is 3.05. The Hall–Kier alpha value is -0.870. The molecule has 2 N–H and O–H groups in total.